The average molecular weight is 245 g/mol. The zero-order valence-electron chi connectivity index (χ0n) is 8.55. The number of hydrogen-bond acceptors (Lipinski definition) is 7. The highest BCUT2D eigenvalue weighted by Crippen LogP contribution is 2.33. The van der Waals surface area contributed by atoms with Crippen molar-refractivity contribution >= 4 is 11.8 Å². The average Bonchev–Trinajstić information content (AvgIpc) is 2.73. The maximum absolute atomic E-state index is 11.3. The fraction of sp³-hybridized carbons (Fsp3) is 0.556. The molecule has 8 nitrogen and oxygen atoms in total. The molecule has 0 radical (unpaired) electrons. The lowest BCUT2D eigenvalue weighted by Gasteiger charge is -2.33. The first-order chi connectivity index (χ1) is 7.91. The molecule has 8 heteroatoms. The van der Waals surface area contributed by atoms with Crippen molar-refractivity contribution in [1.29, 1.82) is 0 Å². The molecular formula is C9H11NO7. The van der Waals surface area contributed by atoms with Crippen molar-refractivity contribution in [2.24, 2.45) is 0 Å². The van der Waals surface area contributed by atoms with Crippen LogP contribution in [-0.2, 0) is 14.3 Å². The number of hydrogen-bond donors (Lipinski definition) is 4. The van der Waals surface area contributed by atoms with Crippen molar-refractivity contribution in [2.45, 2.75) is 24.2 Å². The summed E-state index contributed by atoms with van der Waals surface area (Å²) in [6.07, 6.45) is -3.00. The fourth-order valence-corrected chi connectivity index (χ4v) is 1.83. The SMILES string of the molecule is O=C1C=CC(=O)N1C1(O)O[C@H](CO)[C@H](O)[C@H]1O. The highest BCUT2D eigenvalue weighted by atomic mass is 16.7. The standard InChI is InChI=1S/C9H11NO7/c11-3-4-7(14)8(15)9(16,17-4)10-5(12)1-2-6(10)13/h1-2,4,7-8,11,14-16H,3H2/t4-,7+,8-,9?/m1/s1. The third kappa shape index (κ3) is 1.58. The first-order valence-electron chi connectivity index (χ1n) is 4.85. The van der Waals surface area contributed by atoms with Crippen molar-refractivity contribution in [3.63, 3.8) is 0 Å². The number of imide groups is 1. The molecule has 2 heterocycles. The molecule has 17 heavy (non-hydrogen) atoms. The second kappa shape index (κ2) is 3.86. The lowest BCUT2D eigenvalue weighted by molar-refractivity contribution is -0.293. The smallest absolute Gasteiger partial charge is 0.289 e. The highest BCUT2D eigenvalue weighted by molar-refractivity contribution is 6.13. The number of aliphatic hydroxyl groups is 4. The van der Waals surface area contributed by atoms with Crippen molar-refractivity contribution in [3.05, 3.63) is 12.2 Å². The number of rotatable bonds is 2. The molecule has 1 fully saturated rings. The van der Waals surface area contributed by atoms with Crippen LogP contribution in [-0.4, -0.2) is 68.0 Å². The summed E-state index contributed by atoms with van der Waals surface area (Å²) in [6, 6.07) is 0. The van der Waals surface area contributed by atoms with E-state index in [1.165, 1.54) is 0 Å². The van der Waals surface area contributed by atoms with E-state index in [9.17, 15) is 24.9 Å². The van der Waals surface area contributed by atoms with Gasteiger partial charge in [-0.15, -0.1) is 0 Å². The molecule has 2 amide bonds. The molecule has 2 aliphatic heterocycles. The van der Waals surface area contributed by atoms with Gasteiger partial charge in [0.1, 0.15) is 12.2 Å². The normalized spacial score (nSPS) is 41.6. The number of ether oxygens (including phenoxy) is 1. The maximum Gasteiger partial charge on any atom is 0.289 e. The number of carbonyl (C=O) groups excluding carboxylic acids is 2. The van der Waals surface area contributed by atoms with E-state index < -0.39 is 42.6 Å². The zero-order chi connectivity index (χ0) is 12.8. The van der Waals surface area contributed by atoms with Crippen LogP contribution in [0.3, 0.4) is 0 Å². The second-order valence-corrected chi connectivity index (χ2v) is 3.78. The molecule has 0 saturated carbocycles. The Hall–Kier alpha value is -1.32. The van der Waals surface area contributed by atoms with Gasteiger partial charge in [0.2, 0.25) is 0 Å². The Morgan fingerprint density at radius 1 is 1.29 bits per heavy atom. The summed E-state index contributed by atoms with van der Waals surface area (Å²) < 4.78 is 4.80. The van der Waals surface area contributed by atoms with Gasteiger partial charge in [-0.25, -0.2) is 4.90 Å². The van der Waals surface area contributed by atoms with Gasteiger partial charge in [-0.05, 0) is 0 Å². The molecule has 1 unspecified atom stereocenters. The predicted molar refractivity (Wildman–Crippen MR) is 49.9 cm³/mol. The van der Waals surface area contributed by atoms with E-state index >= 15 is 0 Å². The van der Waals surface area contributed by atoms with Gasteiger partial charge in [-0.1, -0.05) is 0 Å². The van der Waals surface area contributed by atoms with Gasteiger partial charge < -0.3 is 25.2 Å². The number of nitrogens with zero attached hydrogens (tertiary/aromatic N) is 1. The Labute approximate surface area is 95.3 Å². The van der Waals surface area contributed by atoms with Crippen molar-refractivity contribution in [2.75, 3.05) is 6.61 Å². The van der Waals surface area contributed by atoms with E-state index in [-0.39, 0.29) is 4.90 Å². The molecule has 2 aliphatic rings. The summed E-state index contributed by atoms with van der Waals surface area (Å²) in [7, 11) is 0. The fourth-order valence-electron chi connectivity index (χ4n) is 1.83. The molecule has 94 valence electrons. The number of carbonyl (C=O) groups is 2. The van der Waals surface area contributed by atoms with Crippen LogP contribution in [0.25, 0.3) is 0 Å². The monoisotopic (exact) mass is 245 g/mol. The Morgan fingerprint density at radius 2 is 1.82 bits per heavy atom. The van der Waals surface area contributed by atoms with Crippen LogP contribution < -0.4 is 0 Å². The molecule has 2 rings (SSSR count). The summed E-state index contributed by atoms with van der Waals surface area (Å²) in [4.78, 5) is 23.0. The molecule has 4 atom stereocenters. The quantitative estimate of drug-likeness (QED) is 0.375. The largest absolute Gasteiger partial charge is 0.394 e. The van der Waals surface area contributed by atoms with Gasteiger partial charge >= 0.3 is 0 Å². The summed E-state index contributed by atoms with van der Waals surface area (Å²) in [5, 5.41) is 37.9. The van der Waals surface area contributed by atoms with Gasteiger partial charge in [-0.2, -0.15) is 0 Å². The van der Waals surface area contributed by atoms with Crippen molar-refractivity contribution < 1.29 is 34.8 Å². The lowest BCUT2D eigenvalue weighted by atomic mass is 10.1. The summed E-state index contributed by atoms with van der Waals surface area (Å²) in [5.74, 6) is -4.41. The molecular weight excluding hydrogens is 234 g/mol. The number of aliphatic hydroxyl groups excluding tert-OH is 3. The summed E-state index contributed by atoms with van der Waals surface area (Å²) >= 11 is 0. The Kier molecular flexibility index (Phi) is 2.76. The molecule has 0 aromatic rings. The molecule has 0 bridgehead atoms. The van der Waals surface area contributed by atoms with Gasteiger partial charge in [0.25, 0.3) is 17.7 Å². The van der Waals surface area contributed by atoms with Crippen LogP contribution in [0.1, 0.15) is 0 Å². The van der Waals surface area contributed by atoms with E-state index in [0.717, 1.165) is 12.2 Å². The van der Waals surface area contributed by atoms with Crippen molar-refractivity contribution in [1.82, 2.24) is 4.90 Å². The van der Waals surface area contributed by atoms with Crippen LogP contribution >= 0.6 is 0 Å². The van der Waals surface area contributed by atoms with E-state index in [4.69, 9.17) is 9.84 Å². The van der Waals surface area contributed by atoms with E-state index in [0.29, 0.717) is 0 Å². The van der Waals surface area contributed by atoms with Gasteiger partial charge in [0.05, 0.1) is 6.61 Å². The molecule has 0 aromatic carbocycles. The van der Waals surface area contributed by atoms with Crippen LogP contribution in [0.2, 0.25) is 0 Å². The minimum Gasteiger partial charge on any atom is -0.394 e. The third-order valence-corrected chi connectivity index (χ3v) is 2.72. The Bertz CT molecular complexity index is 377. The second-order valence-electron chi connectivity index (χ2n) is 3.78. The summed E-state index contributed by atoms with van der Waals surface area (Å²) in [6.45, 7) is -0.676. The van der Waals surface area contributed by atoms with E-state index in [2.05, 4.69) is 0 Å². The minimum atomic E-state index is -2.66. The Balaban J connectivity index is 2.31. The first-order valence-corrected chi connectivity index (χ1v) is 4.85. The minimum absolute atomic E-state index is 0.288. The van der Waals surface area contributed by atoms with Crippen molar-refractivity contribution in [3.8, 4) is 0 Å². The van der Waals surface area contributed by atoms with E-state index in [1.54, 1.807) is 0 Å². The van der Waals surface area contributed by atoms with Crippen LogP contribution in [0.5, 0.6) is 0 Å². The van der Waals surface area contributed by atoms with Crippen LogP contribution in [0, 0.1) is 0 Å². The predicted octanol–water partition coefficient (Wildman–Crippen LogP) is -3.33. The zero-order valence-corrected chi connectivity index (χ0v) is 8.55. The number of amides is 2. The van der Waals surface area contributed by atoms with Gasteiger partial charge in [0, 0.05) is 12.2 Å². The Morgan fingerprint density at radius 3 is 2.24 bits per heavy atom. The molecule has 0 aromatic heterocycles. The van der Waals surface area contributed by atoms with Gasteiger partial charge in [-0.3, -0.25) is 9.59 Å². The maximum atomic E-state index is 11.3. The van der Waals surface area contributed by atoms with E-state index in [1.807, 2.05) is 0 Å². The molecule has 1 saturated heterocycles. The molecule has 0 spiro atoms. The van der Waals surface area contributed by atoms with Gasteiger partial charge in [0.15, 0.2) is 6.10 Å². The topological polar surface area (TPSA) is 128 Å². The lowest BCUT2D eigenvalue weighted by Crippen LogP contribution is -2.59. The first kappa shape index (κ1) is 12.1. The summed E-state index contributed by atoms with van der Waals surface area (Å²) in [5.41, 5.74) is 0. The van der Waals surface area contributed by atoms with Crippen LogP contribution in [0.4, 0.5) is 0 Å². The third-order valence-electron chi connectivity index (χ3n) is 2.72. The highest BCUT2D eigenvalue weighted by Gasteiger charge is 2.60. The molecule has 0 aliphatic carbocycles. The molecule has 4 N–H and O–H groups in total. The van der Waals surface area contributed by atoms with Crippen LogP contribution in [0.15, 0.2) is 12.2 Å².